The van der Waals surface area contributed by atoms with Gasteiger partial charge >= 0.3 is 0 Å². The van der Waals surface area contributed by atoms with Gasteiger partial charge in [0.15, 0.2) is 0 Å². The third-order valence-corrected chi connectivity index (χ3v) is 11.9. The van der Waals surface area contributed by atoms with Crippen LogP contribution in [-0.2, 0) is 21.7 Å². The van der Waals surface area contributed by atoms with Gasteiger partial charge in [-0.25, -0.2) is 8.78 Å². The molecule has 8 rings (SSSR count). The van der Waals surface area contributed by atoms with Crippen LogP contribution in [-0.4, -0.2) is 9.13 Å². The zero-order valence-corrected chi connectivity index (χ0v) is 35.9. The third-order valence-electron chi connectivity index (χ3n) is 11.9. The molecule has 58 heavy (non-hydrogen) atoms. The fraction of sp³-hybridized carbons (Fsp3) is 0.302. The predicted molar refractivity (Wildman–Crippen MR) is 240 cm³/mol. The molecule has 0 spiro atoms. The van der Waals surface area contributed by atoms with Crippen LogP contribution in [0.25, 0.3) is 66.1 Å². The smallest absolute Gasteiger partial charge is 0.126 e. The molecule has 0 saturated carbocycles. The molecular formula is C53H53F2N3. The molecular weight excluding hydrogens is 717 g/mol. The Labute approximate surface area is 341 Å². The lowest BCUT2D eigenvalue weighted by molar-refractivity contribution is 0.584. The van der Waals surface area contributed by atoms with E-state index in [4.69, 9.17) is 0 Å². The summed E-state index contributed by atoms with van der Waals surface area (Å²) in [7, 11) is 0. The van der Waals surface area contributed by atoms with Gasteiger partial charge < -0.3 is 9.13 Å². The van der Waals surface area contributed by atoms with Crippen molar-refractivity contribution >= 4 is 43.6 Å². The van der Waals surface area contributed by atoms with E-state index in [0.717, 1.165) is 71.9 Å². The minimum absolute atomic E-state index is 0.132. The molecule has 6 aromatic carbocycles. The van der Waals surface area contributed by atoms with Crippen molar-refractivity contribution in [2.45, 2.75) is 105 Å². The zero-order valence-electron chi connectivity index (χ0n) is 35.9. The van der Waals surface area contributed by atoms with Crippen molar-refractivity contribution < 1.29 is 8.78 Å². The second-order valence-corrected chi connectivity index (χ2v) is 20.3. The highest BCUT2D eigenvalue weighted by Crippen LogP contribution is 2.44. The van der Waals surface area contributed by atoms with E-state index in [9.17, 15) is 5.26 Å². The Balaban J connectivity index is 1.57. The zero-order chi connectivity index (χ0) is 41.9. The van der Waals surface area contributed by atoms with Crippen molar-refractivity contribution in [1.29, 1.82) is 5.26 Å². The van der Waals surface area contributed by atoms with Crippen molar-refractivity contribution in [3.05, 3.63) is 143 Å². The average Bonchev–Trinajstić information content (AvgIpc) is 3.63. The molecule has 0 bridgehead atoms. The molecule has 0 saturated heterocycles. The first-order chi connectivity index (χ1) is 27.0. The molecule has 0 unspecified atom stereocenters. The number of fused-ring (bicyclic) bond motifs is 6. The fourth-order valence-electron chi connectivity index (χ4n) is 8.40. The summed E-state index contributed by atoms with van der Waals surface area (Å²) in [6, 6.07) is 36.7. The number of nitrogens with zero attached hydrogens (tertiary/aromatic N) is 3. The highest BCUT2D eigenvalue weighted by Gasteiger charge is 2.26. The van der Waals surface area contributed by atoms with Gasteiger partial charge in [0.1, 0.15) is 17.7 Å². The molecule has 0 radical (unpaired) electrons. The van der Waals surface area contributed by atoms with E-state index in [-0.39, 0.29) is 21.7 Å². The van der Waals surface area contributed by atoms with E-state index in [2.05, 4.69) is 171 Å². The van der Waals surface area contributed by atoms with Crippen LogP contribution < -0.4 is 0 Å². The van der Waals surface area contributed by atoms with E-state index >= 15 is 8.78 Å². The first-order valence-electron chi connectivity index (χ1n) is 20.3. The van der Waals surface area contributed by atoms with Gasteiger partial charge in [0.25, 0.3) is 0 Å². The molecule has 0 aliphatic heterocycles. The Morgan fingerprint density at radius 1 is 0.414 bits per heavy atom. The molecule has 0 amide bonds. The maximum Gasteiger partial charge on any atom is 0.126 e. The van der Waals surface area contributed by atoms with Crippen LogP contribution in [0.1, 0.15) is 111 Å². The van der Waals surface area contributed by atoms with Crippen LogP contribution in [0, 0.1) is 23.0 Å². The summed E-state index contributed by atoms with van der Waals surface area (Å²) in [6.45, 7) is 26.4. The van der Waals surface area contributed by atoms with Crippen molar-refractivity contribution in [2.75, 3.05) is 0 Å². The SMILES string of the molecule is CC(C)(C)c1ccc2c3ccc(C(C)(C)C)cc3n(-c3cc(-c4cc(F)cc(F)c4)c(-n4c5cc(C(C)(C)C)ccc5c5ccc(C(C)(C)C)cc54)cc3C#N)c2c1. The first kappa shape index (κ1) is 39.1. The molecule has 2 heterocycles. The number of halogens is 2. The normalized spacial score (nSPS) is 13.0. The summed E-state index contributed by atoms with van der Waals surface area (Å²) in [5.41, 5.74) is 10.7. The Bertz CT molecular complexity index is 2850. The van der Waals surface area contributed by atoms with Crippen LogP contribution in [0.5, 0.6) is 0 Å². The standard InChI is InChI=1S/C53H53F2N3/c1-50(2,3)33-13-17-39-40-18-14-34(51(4,5)6)25-47(40)57(46(39)24-33)44-29-43(31-21-37(54)28-38(55)22-31)45(23-32(44)30-56)58-48-26-35(52(7,8)9)15-19-41(48)42-20-16-36(27-49(42)58)53(10,11)12/h13-29H,1-12H3. The summed E-state index contributed by atoms with van der Waals surface area (Å²) < 4.78 is 35.2. The summed E-state index contributed by atoms with van der Waals surface area (Å²) in [5, 5.41) is 15.5. The van der Waals surface area contributed by atoms with Crippen molar-refractivity contribution in [2.24, 2.45) is 0 Å². The van der Waals surface area contributed by atoms with E-state index in [0.29, 0.717) is 28.1 Å². The highest BCUT2D eigenvalue weighted by atomic mass is 19.1. The maximum absolute atomic E-state index is 15.4. The lowest BCUT2D eigenvalue weighted by atomic mass is 9.86. The van der Waals surface area contributed by atoms with E-state index in [1.54, 1.807) is 0 Å². The second kappa shape index (κ2) is 13.1. The summed E-state index contributed by atoms with van der Waals surface area (Å²) in [4.78, 5) is 0. The molecule has 0 aliphatic rings. The topological polar surface area (TPSA) is 33.6 Å². The molecule has 3 nitrogen and oxygen atoms in total. The van der Waals surface area contributed by atoms with Gasteiger partial charge in [0.05, 0.1) is 39.0 Å². The largest absolute Gasteiger partial charge is 0.309 e. The fourth-order valence-corrected chi connectivity index (χ4v) is 8.40. The molecule has 8 aromatic rings. The third kappa shape index (κ3) is 6.57. The van der Waals surface area contributed by atoms with Crippen LogP contribution in [0.4, 0.5) is 8.78 Å². The summed E-state index contributed by atoms with van der Waals surface area (Å²) >= 11 is 0. The van der Waals surface area contributed by atoms with E-state index in [1.807, 2.05) is 12.1 Å². The van der Waals surface area contributed by atoms with Gasteiger partial charge in [-0.05, 0) is 98.0 Å². The molecule has 0 fully saturated rings. The lowest BCUT2D eigenvalue weighted by Crippen LogP contribution is -2.12. The number of hydrogen-bond acceptors (Lipinski definition) is 1. The number of rotatable bonds is 3. The Kier molecular flexibility index (Phi) is 8.87. The number of nitriles is 1. The van der Waals surface area contributed by atoms with Gasteiger partial charge in [-0.3, -0.25) is 0 Å². The van der Waals surface area contributed by atoms with Crippen LogP contribution >= 0.6 is 0 Å². The van der Waals surface area contributed by atoms with Gasteiger partial charge in [-0.15, -0.1) is 0 Å². The van der Waals surface area contributed by atoms with Crippen molar-refractivity contribution in [3.8, 4) is 28.6 Å². The van der Waals surface area contributed by atoms with Crippen molar-refractivity contribution in [1.82, 2.24) is 9.13 Å². The summed E-state index contributed by atoms with van der Waals surface area (Å²) in [6.07, 6.45) is 0. The second-order valence-electron chi connectivity index (χ2n) is 20.3. The van der Waals surface area contributed by atoms with Crippen molar-refractivity contribution in [3.63, 3.8) is 0 Å². The molecule has 0 N–H and O–H groups in total. The minimum Gasteiger partial charge on any atom is -0.309 e. The highest BCUT2D eigenvalue weighted by molar-refractivity contribution is 6.12. The number of benzene rings is 6. The maximum atomic E-state index is 15.4. The minimum atomic E-state index is -0.666. The molecule has 294 valence electrons. The van der Waals surface area contributed by atoms with Crippen LogP contribution in [0.15, 0.2) is 103 Å². The predicted octanol–water partition coefficient (Wildman–Crippen LogP) is 14.9. The Hall–Kier alpha value is -5.73. The Morgan fingerprint density at radius 3 is 1.05 bits per heavy atom. The quantitative estimate of drug-likeness (QED) is 0.176. The van der Waals surface area contributed by atoms with E-state index < -0.39 is 11.6 Å². The lowest BCUT2D eigenvalue weighted by Gasteiger charge is -2.23. The van der Waals surface area contributed by atoms with Gasteiger partial charge in [-0.1, -0.05) is 132 Å². The molecule has 2 aromatic heterocycles. The first-order valence-corrected chi connectivity index (χ1v) is 20.3. The van der Waals surface area contributed by atoms with Gasteiger partial charge in [0.2, 0.25) is 0 Å². The van der Waals surface area contributed by atoms with Crippen LogP contribution in [0.3, 0.4) is 0 Å². The molecule has 5 heteroatoms. The van der Waals surface area contributed by atoms with E-state index in [1.165, 1.54) is 12.1 Å². The number of aromatic nitrogens is 2. The average molecular weight is 770 g/mol. The molecule has 0 atom stereocenters. The Morgan fingerprint density at radius 2 is 0.741 bits per heavy atom. The monoisotopic (exact) mass is 769 g/mol. The summed E-state index contributed by atoms with van der Waals surface area (Å²) in [5.74, 6) is -1.33. The number of hydrogen-bond donors (Lipinski definition) is 0. The van der Waals surface area contributed by atoms with Gasteiger partial charge in [-0.2, -0.15) is 5.26 Å². The van der Waals surface area contributed by atoms with Crippen LogP contribution in [0.2, 0.25) is 0 Å². The molecule has 0 aliphatic carbocycles. The van der Waals surface area contributed by atoms with Gasteiger partial charge in [0, 0.05) is 33.2 Å².